The Morgan fingerprint density at radius 2 is 1.42 bits per heavy atom. The summed E-state index contributed by atoms with van der Waals surface area (Å²) in [7, 11) is 0. The third kappa shape index (κ3) is 7.94. The van der Waals surface area contributed by atoms with Gasteiger partial charge in [0, 0.05) is 27.3 Å². The second kappa shape index (κ2) is 12.0. The molecular formula is C22H29NO10. The van der Waals surface area contributed by atoms with Gasteiger partial charge in [-0.3, -0.25) is 14.4 Å². The van der Waals surface area contributed by atoms with E-state index < -0.39 is 54.7 Å². The lowest BCUT2D eigenvalue weighted by Crippen LogP contribution is -2.62. The van der Waals surface area contributed by atoms with Gasteiger partial charge in [0.15, 0.2) is 12.2 Å². The zero-order chi connectivity index (χ0) is 24.5. The van der Waals surface area contributed by atoms with Gasteiger partial charge >= 0.3 is 24.0 Å². The predicted molar refractivity (Wildman–Crippen MR) is 112 cm³/mol. The van der Waals surface area contributed by atoms with Crippen LogP contribution in [0.3, 0.4) is 0 Å². The second-order valence-corrected chi connectivity index (χ2v) is 7.27. The SMILES string of the molecule is CCOC(=O)NCc1ccc(OC2OC(C)C(OC(C)=O)C(OC(C)=O)C2OC(C)=O)cc1. The van der Waals surface area contributed by atoms with Crippen molar-refractivity contribution in [2.75, 3.05) is 6.61 Å². The fraction of sp³-hybridized carbons (Fsp3) is 0.545. The average Bonchev–Trinajstić information content (AvgIpc) is 2.72. The Bertz CT molecular complexity index is 840. The number of nitrogens with one attached hydrogen (secondary N) is 1. The molecule has 1 saturated heterocycles. The van der Waals surface area contributed by atoms with E-state index in [1.54, 1.807) is 38.1 Å². The summed E-state index contributed by atoms with van der Waals surface area (Å²) >= 11 is 0. The van der Waals surface area contributed by atoms with Crippen LogP contribution in [0.25, 0.3) is 0 Å². The van der Waals surface area contributed by atoms with Crippen LogP contribution in [0, 0.1) is 0 Å². The smallest absolute Gasteiger partial charge is 0.407 e. The summed E-state index contributed by atoms with van der Waals surface area (Å²) in [5.41, 5.74) is 0.789. The zero-order valence-electron chi connectivity index (χ0n) is 19.2. The highest BCUT2D eigenvalue weighted by molar-refractivity contribution is 5.68. The van der Waals surface area contributed by atoms with Crippen LogP contribution in [0.5, 0.6) is 5.75 Å². The van der Waals surface area contributed by atoms with Crippen molar-refractivity contribution in [1.29, 1.82) is 0 Å². The van der Waals surface area contributed by atoms with Crippen molar-refractivity contribution < 1.29 is 47.6 Å². The van der Waals surface area contributed by atoms with E-state index in [2.05, 4.69) is 5.32 Å². The lowest BCUT2D eigenvalue weighted by molar-refractivity contribution is -0.280. The number of ether oxygens (including phenoxy) is 6. The van der Waals surface area contributed by atoms with Crippen molar-refractivity contribution >= 4 is 24.0 Å². The normalized spacial score (nSPS) is 24.2. The Morgan fingerprint density at radius 3 is 1.97 bits per heavy atom. The summed E-state index contributed by atoms with van der Waals surface area (Å²) in [6, 6.07) is 6.72. The van der Waals surface area contributed by atoms with Crippen LogP contribution < -0.4 is 10.1 Å². The van der Waals surface area contributed by atoms with E-state index in [-0.39, 0.29) is 13.2 Å². The van der Waals surface area contributed by atoms with Gasteiger partial charge < -0.3 is 33.7 Å². The molecule has 1 fully saturated rings. The number of hydrogen-bond donors (Lipinski definition) is 1. The van der Waals surface area contributed by atoms with Crippen LogP contribution in [0.4, 0.5) is 4.79 Å². The first-order valence-electron chi connectivity index (χ1n) is 10.4. The highest BCUT2D eigenvalue weighted by Gasteiger charge is 2.51. The van der Waals surface area contributed by atoms with Gasteiger partial charge in [0.1, 0.15) is 5.75 Å². The van der Waals surface area contributed by atoms with E-state index in [0.717, 1.165) is 5.56 Å². The van der Waals surface area contributed by atoms with E-state index in [1.165, 1.54) is 20.8 Å². The van der Waals surface area contributed by atoms with Gasteiger partial charge in [-0.05, 0) is 31.5 Å². The van der Waals surface area contributed by atoms with Crippen molar-refractivity contribution in [3.05, 3.63) is 29.8 Å². The third-order valence-electron chi connectivity index (χ3n) is 4.52. The van der Waals surface area contributed by atoms with E-state index in [9.17, 15) is 19.2 Å². The first-order valence-corrected chi connectivity index (χ1v) is 10.4. The minimum absolute atomic E-state index is 0.255. The number of hydrogen-bond acceptors (Lipinski definition) is 10. The topological polar surface area (TPSA) is 136 Å². The molecule has 0 radical (unpaired) electrons. The van der Waals surface area contributed by atoms with Crippen molar-refractivity contribution in [2.24, 2.45) is 0 Å². The molecule has 1 heterocycles. The van der Waals surface area contributed by atoms with E-state index in [0.29, 0.717) is 5.75 Å². The Balaban J connectivity index is 2.19. The van der Waals surface area contributed by atoms with Crippen LogP contribution in [-0.2, 0) is 44.6 Å². The summed E-state index contributed by atoms with van der Waals surface area (Å²) < 4.78 is 32.5. The average molecular weight is 467 g/mol. The molecule has 1 N–H and O–H groups in total. The summed E-state index contributed by atoms with van der Waals surface area (Å²) in [5, 5.41) is 2.61. The zero-order valence-corrected chi connectivity index (χ0v) is 19.2. The van der Waals surface area contributed by atoms with Gasteiger partial charge in [-0.1, -0.05) is 12.1 Å². The fourth-order valence-electron chi connectivity index (χ4n) is 3.24. The Morgan fingerprint density at radius 1 is 0.879 bits per heavy atom. The summed E-state index contributed by atoms with van der Waals surface area (Å²) in [6.45, 7) is 7.44. The molecule has 1 amide bonds. The Hall–Kier alpha value is -3.34. The molecule has 2 rings (SSSR count). The number of rotatable bonds is 8. The van der Waals surface area contributed by atoms with Crippen LogP contribution in [-0.4, -0.2) is 61.3 Å². The highest BCUT2D eigenvalue weighted by atomic mass is 16.7. The molecule has 0 bridgehead atoms. The minimum atomic E-state index is -1.20. The summed E-state index contributed by atoms with van der Waals surface area (Å²) in [5.74, 6) is -1.55. The van der Waals surface area contributed by atoms with Gasteiger partial charge in [-0.25, -0.2) is 4.79 Å². The number of esters is 3. The molecule has 0 aliphatic carbocycles. The molecule has 1 aromatic rings. The lowest BCUT2D eigenvalue weighted by Gasteiger charge is -2.43. The molecule has 1 aliphatic rings. The van der Waals surface area contributed by atoms with Crippen molar-refractivity contribution in [2.45, 2.75) is 71.9 Å². The standard InChI is InChI=1S/C22H29NO10/c1-6-28-22(27)23-11-16-7-9-17(10-8-16)33-21-20(32-15(5)26)19(31-14(4)25)18(12(2)29-21)30-13(3)24/h7-10,12,18-21H,6,11H2,1-5H3,(H,23,27). The Labute approximate surface area is 191 Å². The maximum Gasteiger partial charge on any atom is 0.407 e. The van der Waals surface area contributed by atoms with Gasteiger partial charge in [0.2, 0.25) is 12.4 Å². The van der Waals surface area contributed by atoms with Crippen molar-refractivity contribution in [3.8, 4) is 5.75 Å². The molecule has 11 heteroatoms. The summed E-state index contributed by atoms with van der Waals surface area (Å²) in [6.07, 6.45) is -5.75. The number of carbonyl (C=O) groups is 4. The second-order valence-electron chi connectivity index (χ2n) is 7.27. The molecule has 1 aliphatic heterocycles. The molecule has 0 aromatic heterocycles. The van der Waals surface area contributed by atoms with Gasteiger partial charge in [-0.15, -0.1) is 0 Å². The molecule has 1 aromatic carbocycles. The van der Waals surface area contributed by atoms with Gasteiger partial charge in [0.05, 0.1) is 12.7 Å². The quantitative estimate of drug-likeness (QED) is 0.446. The Kier molecular flexibility index (Phi) is 9.46. The van der Waals surface area contributed by atoms with Gasteiger partial charge in [0.25, 0.3) is 0 Å². The first-order chi connectivity index (χ1) is 15.6. The van der Waals surface area contributed by atoms with Crippen molar-refractivity contribution in [1.82, 2.24) is 5.32 Å². The number of alkyl carbamates (subject to hydrolysis) is 1. The van der Waals surface area contributed by atoms with E-state index in [1.807, 2.05) is 0 Å². The molecule has 0 saturated carbocycles. The number of carbonyl (C=O) groups excluding carboxylic acids is 4. The lowest BCUT2D eigenvalue weighted by atomic mass is 9.99. The molecule has 182 valence electrons. The minimum Gasteiger partial charge on any atom is -0.461 e. The predicted octanol–water partition coefficient (Wildman–Crippen LogP) is 1.85. The van der Waals surface area contributed by atoms with Crippen LogP contribution in [0.1, 0.15) is 40.2 Å². The third-order valence-corrected chi connectivity index (χ3v) is 4.52. The number of amides is 1. The first kappa shape index (κ1) is 25.9. The van der Waals surface area contributed by atoms with Gasteiger partial charge in [-0.2, -0.15) is 0 Å². The fourth-order valence-corrected chi connectivity index (χ4v) is 3.24. The summed E-state index contributed by atoms with van der Waals surface area (Å²) in [4.78, 5) is 46.4. The van der Waals surface area contributed by atoms with Crippen LogP contribution in [0.15, 0.2) is 24.3 Å². The molecule has 5 atom stereocenters. The van der Waals surface area contributed by atoms with Crippen LogP contribution in [0.2, 0.25) is 0 Å². The molecule has 5 unspecified atom stereocenters. The molecule has 33 heavy (non-hydrogen) atoms. The number of benzene rings is 1. The maximum absolute atomic E-state index is 11.7. The molecule has 11 nitrogen and oxygen atoms in total. The molecule has 0 spiro atoms. The largest absolute Gasteiger partial charge is 0.461 e. The maximum atomic E-state index is 11.7. The van der Waals surface area contributed by atoms with Crippen LogP contribution >= 0.6 is 0 Å². The van der Waals surface area contributed by atoms with E-state index in [4.69, 9.17) is 28.4 Å². The van der Waals surface area contributed by atoms with Crippen molar-refractivity contribution in [3.63, 3.8) is 0 Å². The highest BCUT2D eigenvalue weighted by Crippen LogP contribution is 2.30. The molecular weight excluding hydrogens is 438 g/mol. The van der Waals surface area contributed by atoms with E-state index >= 15 is 0 Å². The monoisotopic (exact) mass is 467 g/mol.